The number of aliphatic hydroxyl groups excluding tert-OH is 1. The first-order chi connectivity index (χ1) is 17.1. The Kier molecular flexibility index (Phi) is 6.25. The minimum atomic E-state index is -0.450. The molecule has 7 heteroatoms. The van der Waals surface area contributed by atoms with Crippen LogP contribution < -0.4 is 15.4 Å². The van der Waals surface area contributed by atoms with Crippen LogP contribution in [0.15, 0.2) is 66.9 Å². The van der Waals surface area contributed by atoms with E-state index in [4.69, 9.17) is 4.74 Å². The van der Waals surface area contributed by atoms with Gasteiger partial charge in [-0.25, -0.2) is 0 Å². The van der Waals surface area contributed by atoms with Crippen LogP contribution in [0.1, 0.15) is 31.8 Å². The molecule has 0 saturated heterocycles. The summed E-state index contributed by atoms with van der Waals surface area (Å²) in [6, 6.07) is 18.6. The van der Waals surface area contributed by atoms with Crippen LogP contribution in [-0.4, -0.2) is 48.2 Å². The van der Waals surface area contributed by atoms with Crippen LogP contribution in [0.25, 0.3) is 22.0 Å². The summed E-state index contributed by atoms with van der Waals surface area (Å²) in [6.07, 6.45) is 3.14. The maximum Gasteiger partial charge on any atom is 0.255 e. The van der Waals surface area contributed by atoms with Crippen molar-refractivity contribution in [1.82, 2.24) is 15.6 Å². The summed E-state index contributed by atoms with van der Waals surface area (Å²) in [4.78, 5) is 28.5. The predicted molar refractivity (Wildman–Crippen MR) is 135 cm³/mol. The Bertz CT molecular complexity index is 1390. The van der Waals surface area contributed by atoms with Crippen LogP contribution in [0, 0.1) is 0 Å². The van der Waals surface area contributed by atoms with Crippen LogP contribution in [0.2, 0.25) is 0 Å². The Morgan fingerprint density at radius 1 is 1.06 bits per heavy atom. The second-order valence-electron chi connectivity index (χ2n) is 8.68. The van der Waals surface area contributed by atoms with E-state index in [0.717, 1.165) is 39.6 Å². The number of aromatic amines is 1. The molecular formula is C28H27N3O4. The van der Waals surface area contributed by atoms with E-state index in [9.17, 15) is 14.7 Å². The molecule has 7 nitrogen and oxygen atoms in total. The van der Waals surface area contributed by atoms with E-state index in [1.165, 1.54) is 0 Å². The number of ether oxygens (including phenoxy) is 1. The molecule has 0 radical (unpaired) electrons. The average molecular weight is 470 g/mol. The molecule has 2 heterocycles. The fourth-order valence-electron chi connectivity index (χ4n) is 4.59. The molecule has 0 fully saturated rings. The third kappa shape index (κ3) is 4.50. The summed E-state index contributed by atoms with van der Waals surface area (Å²) in [7, 11) is 1.60. The SMILES string of the molecule is CNC(=O)c1ccc(-c2cc3c(c(C(=O)N[C@@H](CO)Cc4c[nH]c5ccccc45)c2)OCC3)cc1. The van der Waals surface area contributed by atoms with Crippen molar-refractivity contribution in [1.29, 1.82) is 0 Å². The zero-order chi connectivity index (χ0) is 24.4. The number of H-pyrrole nitrogens is 1. The Morgan fingerprint density at radius 2 is 1.86 bits per heavy atom. The standard InChI is InChI=1S/C28H27N3O4/c1-29-27(33)18-8-6-17(7-9-18)20-12-19-10-11-35-26(19)24(14-20)28(34)31-22(16-32)13-21-15-30-25-5-3-2-4-23(21)25/h2-9,12,14-15,22,30,32H,10-11,13,16H2,1H3,(H,29,33)(H,31,34)/t22-/m1/s1. The molecule has 0 unspecified atom stereocenters. The number of hydrogen-bond donors (Lipinski definition) is 4. The second-order valence-corrected chi connectivity index (χ2v) is 8.68. The molecule has 4 aromatic rings. The second kappa shape index (κ2) is 9.64. The van der Waals surface area contributed by atoms with Gasteiger partial charge < -0.3 is 25.5 Å². The number of carbonyl (C=O) groups is 2. The van der Waals surface area contributed by atoms with E-state index < -0.39 is 6.04 Å². The van der Waals surface area contributed by atoms with Crippen LogP contribution in [0.5, 0.6) is 5.75 Å². The first-order valence-electron chi connectivity index (χ1n) is 11.7. The van der Waals surface area contributed by atoms with Gasteiger partial charge in [0.05, 0.1) is 24.8 Å². The summed E-state index contributed by atoms with van der Waals surface area (Å²) >= 11 is 0. The average Bonchev–Trinajstić information content (AvgIpc) is 3.54. The molecule has 0 bridgehead atoms. The molecule has 1 aliphatic heterocycles. The zero-order valence-corrected chi connectivity index (χ0v) is 19.4. The molecular weight excluding hydrogens is 442 g/mol. The topological polar surface area (TPSA) is 103 Å². The van der Waals surface area contributed by atoms with E-state index in [-0.39, 0.29) is 18.4 Å². The number of nitrogens with one attached hydrogen (secondary N) is 3. The van der Waals surface area contributed by atoms with Gasteiger partial charge in [-0.3, -0.25) is 9.59 Å². The lowest BCUT2D eigenvalue weighted by molar-refractivity contribution is 0.0912. The molecule has 1 atom stereocenters. The van der Waals surface area contributed by atoms with Crippen LogP contribution in [-0.2, 0) is 12.8 Å². The fraction of sp³-hybridized carbons (Fsp3) is 0.214. The number of rotatable bonds is 7. The summed E-state index contributed by atoms with van der Waals surface area (Å²) in [5.41, 5.74) is 5.82. The largest absolute Gasteiger partial charge is 0.492 e. The predicted octanol–water partition coefficient (Wildman–Crippen LogP) is 3.46. The van der Waals surface area contributed by atoms with Gasteiger partial charge in [0.25, 0.3) is 11.8 Å². The molecule has 2 amide bonds. The number of carbonyl (C=O) groups excluding carboxylic acids is 2. The van der Waals surface area contributed by atoms with Crippen LogP contribution in [0.3, 0.4) is 0 Å². The number of para-hydroxylation sites is 1. The Balaban J connectivity index is 1.41. The number of fused-ring (bicyclic) bond motifs is 2. The van der Waals surface area contributed by atoms with E-state index >= 15 is 0 Å². The molecule has 3 aromatic carbocycles. The third-order valence-corrected chi connectivity index (χ3v) is 6.43. The monoisotopic (exact) mass is 469 g/mol. The number of aliphatic hydroxyl groups is 1. The molecule has 0 saturated carbocycles. The van der Waals surface area contributed by atoms with Crippen LogP contribution in [0.4, 0.5) is 0 Å². The highest BCUT2D eigenvalue weighted by Gasteiger charge is 2.24. The van der Waals surface area contributed by atoms with E-state index in [1.54, 1.807) is 19.2 Å². The van der Waals surface area contributed by atoms with Gasteiger partial charge in [-0.1, -0.05) is 30.3 Å². The number of amides is 2. The number of hydrogen-bond acceptors (Lipinski definition) is 4. The molecule has 0 spiro atoms. The highest BCUT2D eigenvalue weighted by Crippen LogP contribution is 2.35. The minimum Gasteiger partial charge on any atom is -0.492 e. The minimum absolute atomic E-state index is 0.149. The molecule has 4 N–H and O–H groups in total. The van der Waals surface area contributed by atoms with Crippen molar-refractivity contribution in [2.45, 2.75) is 18.9 Å². The normalized spacial score (nSPS) is 13.2. The van der Waals surface area contributed by atoms with E-state index in [1.807, 2.05) is 54.7 Å². The van der Waals surface area contributed by atoms with Crippen molar-refractivity contribution in [3.05, 3.63) is 89.1 Å². The first-order valence-corrected chi connectivity index (χ1v) is 11.7. The maximum absolute atomic E-state index is 13.4. The summed E-state index contributed by atoms with van der Waals surface area (Å²) in [5.74, 6) is 0.159. The van der Waals surface area contributed by atoms with Gasteiger partial charge in [0.2, 0.25) is 0 Å². The Morgan fingerprint density at radius 3 is 2.63 bits per heavy atom. The smallest absolute Gasteiger partial charge is 0.255 e. The maximum atomic E-state index is 13.4. The lowest BCUT2D eigenvalue weighted by atomic mass is 9.96. The lowest BCUT2D eigenvalue weighted by Gasteiger charge is -2.18. The molecule has 5 rings (SSSR count). The Labute approximate surface area is 203 Å². The van der Waals surface area contributed by atoms with Gasteiger partial charge in [-0.05, 0) is 59.0 Å². The summed E-state index contributed by atoms with van der Waals surface area (Å²) in [5, 5.41) is 16.7. The van der Waals surface area contributed by atoms with Gasteiger partial charge in [-0.15, -0.1) is 0 Å². The van der Waals surface area contributed by atoms with Crippen molar-refractivity contribution in [2.75, 3.05) is 20.3 Å². The van der Waals surface area contributed by atoms with E-state index in [0.29, 0.717) is 29.9 Å². The van der Waals surface area contributed by atoms with Crippen molar-refractivity contribution < 1.29 is 19.4 Å². The molecule has 1 aliphatic rings. The van der Waals surface area contributed by atoms with Crippen molar-refractivity contribution in [3.8, 4) is 16.9 Å². The highest BCUT2D eigenvalue weighted by molar-refractivity contribution is 5.99. The van der Waals surface area contributed by atoms with Crippen molar-refractivity contribution in [2.24, 2.45) is 0 Å². The van der Waals surface area contributed by atoms with E-state index in [2.05, 4.69) is 15.6 Å². The highest BCUT2D eigenvalue weighted by atomic mass is 16.5. The zero-order valence-electron chi connectivity index (χ0n) is 19.4. The Hall–Kier alpha value is -4.10. The third-order valence-electron chi connectivity index (χ3n) is 6.43. The first kappa shape index (κ1) is 22.7. The van der Waals surface area contributed by atoms with Gasteiger partial charge >= 0.3 is 0 Å². The molecule has 0 aliphatic carbocycles. The van der Waals surface area contributed by atoms with Crippen molar-refractivity contribution in [3.63, 3.8) is 0 Å². The van der Waals surface area contributed by atoms with Gasteiger partial charge in [0, 0.05) is 36.1 Å². The summed E-state index contributed by atoms with van der Waals surface area (Å²) < 4.78 is 5.80. The lowest BCUT2D eigenvalue weighted by Crippen LogP contribution is -2.39. The number of benzene rings is 3. The van der Waals surface area contributed by atoms with Crippen LogP contribution >= 0.6 is 0 Å². The number of aromatic nitrogens is 1. The molecule has 1 aromatic heterocycles. The van der Waals surface area contributed by atoms with Gasteiger partial charge in [-0.2, -0.15) is 0 Å². The summed E-state index contributed by atoms with van der Waals surface area (Å²) in [6.45, 7) is 0.336. The van der Waals surface area contributed by atoms with Crippen molar-refractivity contribution >= 4 is 22.7 Å². The van der Waals surface area contributed by atoms with Gasteiger partial charge in [0.15, 0.2) is 0 Å². The molecule has 178 valence electrons. The van der Waals surface area contributed by atoms with Gasteiger partial charge in [0.1, 0.15) is 5.75 Å². The molecule has 35 heavy (non-hydrogen) atoms. The fourth-order valence-corrected chi connectivity index (χ4v) is 4.59. The quantitative estimate of drug-likeness (QED) is 0.333.